The first-order valence-electron chi connectivity index (χ1n) is 9.42. The van der Waals surface area contributed by atoms with Crippen LogP contribution in [-0.4, -0.2) is 41.1 Å². The monoisotopic (exact) mass is 378 g/mol. The van der Waals surface area contributed by atoms with Crippen LogP contribution in [-0.2, 0) is 0 Å². The zero-order chi connectivity index (χ0) is 18.6. The highest BCUT2D eigenvalue weighted by Gasteiger charge is 2.30. The summed E-state index contributed by atoms with van der Waals surface area (Å²) in [4.78, 5) is 18.3. The Morgan fingerprint density at radius 1 is 1.04 bits per heavy atom. The van der Waals surface area contributed by atoms with Crippen molar-refractivity contribution in [3.63, 3.8) is 0 Å². The summed E-state index contributed by atoms with van der Waals surface area (Å²) >= 11 is 1.61. The van der Waals surface area contributed by atoms with Crippen LogP contribution in [0.2, 0.25) is 0 Å². The third-order valence-electron chi connectivity index (χ3n) is 5.72. The molecule has 138 valence electrons. The summed E-state index contributed by atoms with van der Waals surface area (Å²) in [5, 5.41) is 10.0. The van der Waals surface area contributed by atoms with E-state index < -0.39 is 0 Å². The Bertz CT molecular complexity index is 863. The lowest BCUT2D eigenvalue weighted by atomic mass is 9.79. The lowest BCUT2D eigenvalue weighted by molar-refractivity contribution is 0.232. The van der Waals surface area contributed by atoms with Gasteiger partial charge >= 0.3 is 0 Å². The predicted molar refractivity (Wildman–Crippen MR) is 107 cm³/mol. The van der Waals surface area contributed by atoms with Crippen molar-refractivity contribution in [2.45, 2.75) is 25.7 Å². The van der Waals surface area contributed by atoms with Gasteiger partial charge in [-0.2, -0.15) is 5.26 Å². The van der Waals surface area contributed by atoms with Gasteiger partial charge in [-0.05, 0) is 43.6 Å². The number of rotatable bonds is 3. The number of piperidine rings is 2. The highest BCUT2D eigenvalue weighted by atomic mass is 32.1. The van der Waals surface area contributed by atoms with Gasteiger partial charge in [-0.1, -0.05) is 17.3 Å². The summed E-state index contributed by atoms with van der Waals surface area (Å²) in [6, 6.07) is 3.92. The van der Waals surface area contributed by atoms with E-state index in [2.05, 4.69) is 30.7 Å². The molecule has 2 aliphatic rings. The maximum Gasteiger partial charge on any atom is 0.234 e. The second kappa shape index (κ2) is 7.94. The fourth-order valence-corrected chi connectivity index (χ4v) is 5.00. The molecule has 0 aliphatic carbocycles. The molecule has 0 aromatic carbocycles. The molecule has 0 amide bonds. The Morgan fingerprint density at radius 3 is 2.30 bits per heavy atom. The fraction of sp³-hybridized carbons (Fsp3) is 0.500. The number of hydrogen-bond donors (Lipinski definition) is 0. The third kappa shape index (κ3) is 3.89. The second-order valence-corrected chi connectivity index (χ2v) is 8.16. The quantitative estimate of drug-likeness (QED) is 0.765. The van der Waals surface area contributed by atoms with Gasteiger partial charge in [0, 0.05) is 32.4 Å². The van der Waals surface area contributed by atoms with E-state index in [1.807, 2.05) is 12.1 Å². The Balaban J connectivity index is 1.29. The van der Waals surface area contributed by atoms with E-state index in [-0.39, 0.29) is 5.82 Å². The van der Waals surface area contributed by atoms with Gasteiger partial charge in [0.05, 0.1) is 11.1 Å². The summed E-state index contributed by atoms with van der Waals surface area (Å²) in [7, 11) is 0. The van der Waals surface area contributed by atoms with E-state index in [4.69, 9.17) is 11.7 Å². The molecule has 0 bridgehead atoms. The molecule has 0 N–H and O–H groups in total. The molecule has 6 nitrogen and oxygen atoms in total. The molecule has 0 saturated carbocycles. The molecule has 4 heterocycles. The summed E-state index contributed by atoms with van der Waals surface area (Å²) in [5.74, 6) is 5.36. The highest BCUT2D eigenvalue weighted by molar-refractivity contribution is 7.16. The minimum absolute atomic E-state index is 0.247. The molecule has 0 unspecified atom stereocenters. The largest absolute Gasteiger partial charge is 0.356 e. The molecular weight excluding hydrogens is 356 g/mol. The Morgan fingerprint density at radius 2 is 1.70 bits per heavy atom. The van der Waals surface area contributed by atoms with Crippen molar-refractivity contribution in [3.8, 4) is 18.4 Å². The molecule has 2 saturated heterocycles. The SMILES string of the molecule is C#Cc1cnc(N2CCC(C3CCN(c4ccnc(C#N)n4)CC3)CC2)s1. The smallest absolute Gasteiger partial charge is 0.234 e. The predicted octanol–water partition coefficient (Wildman–Crippen LogP) is 2.92. The van der Waals surface area contributed by atoms with Crippen molar-refractivity contribution in [3.05, 3.63) is 29.2 Å². The molecule has 2 aromatic heterocycles. The molecule has 0 atom stereocenters. The van der Waals surface area contributed by atoms with Gasteiger partial charge in [0.1, 0.15) is 11.9 Å². The van der Waals surface area contributed by atoms with Crippen molar-refractivity contribution in [2.24, 2.45) is 11.8 Å². The van der Waals surface area contributed by atoms with Gasteiger partial charge in [0.2, 0.25) is 5.82 Å². The van der Waals surface area contributed by atoms with Crippen molar-refractivity contribution in [2.75, 3.05) is 36.0 Å². The number of aromatic nitrogens is 3. The fourth-order valence-electron chi connectivity index (χ4n) is 4.22. The van der Waals surface area contributed by atoms with Crippen LogP contribution in [0.4, 0.5) is 10.9 Å². The maximum absolute atomic E-state index is 8.98. The van der Waals surface area contributed by atoms with Crippen LogP contribution in [0.3, 0.4) is 0 Å². The average Bonchev–Trinajstić information content (AvgIpc) is 3.23. The molecule has 2 aliphatic heterocycles. The first-order chi connectivity index (χ1) is 13.3. The van der Waals surface area contributed by atoms with Gasteiger partial charge < -0.3 is 9.80 Å². The van der Waals surface area contributed by atoms with Crippen LogP contribution in [0.5, 0.6) is 0 Å². The normalized spacial score (nSPS) is 18.9. The van der Waals surface area contributed by atoms with Gasteiger partial charge in [0.15, 0.2) is 5.13 Å². The maximum atomic E-state index is 8.98. The lowest BCUT2D eigenvalue weighted by Gasteiger charge is -2.40. The number of nitriles is 1. The summed E-state index contributed by atoms with van der Waals surface area (Å²) < 4.78 is 0. The van der Waals surface area contributed by atoms with Crippen LogP contribution >= 0.6 is 11.3 Å². The molecule has 27 heavy (non-hydrogen) atoms. The first-order valence-corrected chi connectivity index (χ1v) is 10.2. The van der Waals surface area contributed by atoms with E-state index in [1.54, 1.807) is 23.7 Å². The van der Waals surface area contributed by atoms with Crippen molar-refractivity contribution in [1.82, 2.24) is 15.0 Å². The van der Waals surface area contributed by atoms with E-state index in [1.165, 1.54) is 25.7 Å². The minimum atomic E-state index is 0.247. The van der Waals surface area contributed by atoms with Gasteiger partial charge in [0.25, 0.3) is 0 Å². The Hall–Kier alpha value is -2.64. The second-order valence-electron chi connectivity index (χ2n) is 7.15. The standard InChI is InChI=1S/C20H22N6S/c1-2-17-14-23-20(27-17)26-11-6-16(7-12-26)15-4-9-25(10-5-15)19-3-8-22-18(13-21)24-19/h1,3,8,14-16H,4-7,9-12H2. The van der Waals surface area contributed by atoms with Crippen molar-refractivity contribution in [1.29, 1.82) is 5.26 Å². The van der Waals surface area contributed by atoms with E-state index in [0.29, 0.717) is 0 Å². The van der Waals surface area contributed by atoms with Gasteiger partial charge in [-0.15, -0.1) is 6.42 Å². The number of thiazole rings is 1. The molecule has 2 fully saturated rings. The van der Waals surface area contributed by atoms with Gasteiger partial charge in [-0.3, -0.25) is 0 Å². The summed E-state index contributed by atoms with van der Waals surface area (Å²) in [5.41, 5.74) is 0. The van der Waals surface area contributed by atoms with Crippen LogP contribution < -0.4 is 9.80 Å². The van der Waals surface area contributed by atoms with Crippen molar-refractivity contribution >= 4 is 22.3 Å². The number of anilines is 2. The van der Waals surface area contributed by atoms with Crippen LogP contribution in [0.25, 0.3) is 0 Å². The molecule has 2 aromatic rings. The van der Waals surface area contributed by atoms with Gasteiger partial charge in [-0.25, -0.2) is 15.0 Å². The molecule has 4 rings (SSSR count). The highest BCUT2D eigenvalue weighted by Crippen LogP contribution is 2.35. The summed E-state index contributed by atoms with van der Waals surface area (Å²) in [6.07, 6.45) is 13.8. The zero-order valence-corrected chi connectivity index (χ0v) is 16.0. The summed E-state index contributed by atoms with van der Waals surface area (Å²) in [6.45, 7) is 4.15. The van der Waals surface area contributed by atoms with E-state index in [9.17, 15) is 0 Å². The topological polar surface area (TPSA) is 68.9 Å². The molecule has 0 spiro atoms. The van der Waals surface area contributed by atoms with E-state index in [0.717, 1.165) is 53.8 Å². The zero-order valence-electron chi connectivity index (χ0n) is 15.2. The first kappa shape index (κ1) is 17.8. The minimum Gasteiger partial charge on any atom is -0.356 e. The Labute approximate surface area is 163 Å². The van der Waals surface area contributed by atoms with Crippen LogP contribution in [0.1, 0.15) is 36.4 Å². The van der Waals surface area contributed by atoms with E-state index >= 15 is 0 Å². The molecular formula is C20H22N6S. The number of terminal acetylenes is 1. The number of nitrogens with zero attached hydrogens (tertiary/aromatic N) is 6. The average molecular weight is 379 g/mol. The van der Waals surface area contributed by atoms with Crippen LogP contribution in [0.15, 0.2) is 18.5 Å². The third-order valence-corrected chi connectivity index (χ3v) is 6.71. The Kier molecular flexibility index (Phi) is 5.22. The lowest BCUT2D eigenvalue weighted by Crippen LogP contribution is -2.41. The molecule has 0 radical (unpaired) electrons. The molecule has 7 heteroatoms. The van der Waals surface area contributed by atoms with Crippen molar-refractivity contribution < 1.29 is 0 Å². The number of hydrogen-bond acceptors (Lipinski definition) is 7. The van der Waals surface area contributed by atoms with Crippen LogP contribution in [0, 0.1) is 35.5 Å².